The zero-order valence-corrected chi connectivity index (χ0v) is 20.0. The SMILES string of the molecule is CCC(C)(C)S1(N=C=S)CCCC1.N.N.[Cr+3].[N-]=C=S.[N-]=C=S.[N-]=C=S. The van der Waals surface area contributed by atoms with Gasteiger partial charge >= 0.3 is 17.4 Å². The van der Waals surface area contributed by atoms with Crippen molar-refractivity contribution >= 4 is 79.7 Å². The summed E-state index contributed by atoms with van der Waals surface area (Å²) in [4.78, 5) is 0. The molecule has 1 aliphatic heterocycles. The number of hydrogen-bond acceptors (Lipinski definition) is 7. The van der Waals surface area contributed by atoms with Crippen LogP contribution in [0.25, 0.3) is 16.2 Å². The van der Waals surface area contributed by atoms with E-state index in [4.69, 9.17) is 28.4 Å². The molecule has 1 aliphatic rings. The monoisotopic (exact) mass is 477 g/mol. The van der Waals surface area contributed by atoms with Gasteiger partial charge in [-0.25, -0.2) is 0 Å². The quantitative estimate of drug-likeness (QED) is 0.371. The van der Waals surface area contributed by atoms with E-state index in [1.54, 1.807) is 0 Å². The first-order chi connectivity index (χ1) is 10.3. The third-order valence-electron chi connectivity index (χ3n) is 3.31. The van der Waals surface area contributed by atoms with E-state index in [9.17, 15) is 0 Å². The van der Waals surface area contributed by atoms with E-state index in [1.165, 1.54) is 46.3 Å². The summed E-state index contributed by atoms with van der Waals surface area (Å²) in [5, 5.41) is 28.0. The average molecular weight is 478 g/mol. The van der Waals surface area contributed by atoms with Crippen LogP contribution >= 0.6 is 59.1 Å². The third kappa shape index (κ3) is 18.6. The molecule has 1 radical (unpaired) electrons. The normalized spacial score (nSPS) is 13.2. The van der Waals surface area contributed by atoms with Crippen LogP contribution in [0, 0.1) is 0 Å². The van der Waals surface area contributed by atoms with E-state index in [1.807, 2.05) is 0 Å². The Morgan fingerprint density at radius 2 is 1.20 bits per heavy atom. The minimum Gasteiger partial charge on any atom is -0.753 e. The fourth-order valence-corrected chi connectivity index (χ4v) is 6.10. The predicted molar refractivity (Wildman–Crippen MR) is 124 cm³/mol. The molecule has 12 heteroatoms. The molecule has 0 bridgehead atoms. The molecule has 1 fully saturated rings. The molecule has 143 valence electrons. The van der Waals surface area contributed by atoms with Crippen molar-refractivity contribution < 1.29 is 17.4 Å². The van der Waals surface area contributed by atoms with Gasteiger partial charge in [0.05, 0.1) is 5.16 Å². The van der Waals surface area contributed by atoms with Crippen molar-refractivity contribution in [3.8, 4) is 0 Å². The van der Waals surface area contributed by atoms with Gasteiger partial charge in [-0.1, -0.05) is 57.4 Å². The second kappa shape index (κ2) is 26.2. The number of isothiocyanates is 4. The van der Waals surface area contributed by atoms with Crippen molar-refractivity contribution in [3.63, 3.8) is 0 Å². The van der Waals surface area contributed by atoms with Crippen molar-refractivity contribution in [2.24, 2.45) is 4.40 Å². The summed E-state index contributed by atoms with van der Waals surface area (Å²) in [5.74, 6) is 2.55. The molecule has 25 heavy (non-hydrogen) atoms. The van der Waals surface area contributed by atoms with Gasteiger partial charge in [0.15, 0.2) is 0 Å². The van der Waals surface area contributed by atoms with E-state index in [2.05, 4.69) is 67.0 Å². The fourth-order valence-electron chi connectivity index (χ4n) is 1.89. The molecule has 0 spiro atoms. The van der Waals surface area contributed by atoms with E-state index in [0.29, 0.717) is 4.75 Å². The first-order valence-electron chi connectivity index (χ1n) is 6.24. The smallest absolute Gasteiger partial charge is 0.753 e. The summed E-state index contributed by atoms with van der Waals surface area (Å²) in [6, 6.07) is 0. The Labute approximate surface area is 185 Å². The minimum absolute atomic E-state index is 0. The summed E-state index contributed by atoms with van der Waals surface area (Å²) in [5.41, 5.74) is 0. The molecular formula is C13H25CrN6S5. The van der Waals surface area contributed by atoms with Gasteiger partial charge in [0.25, 0.3) is 0 Å². The summed E-state index contributed by atoms with van der Waals surface area (Å²) >= 11 is 15.9. The predicted octanol–water partition coefficient (Wildman–Crippen LogP) is 6.09. The summed E-state index contributed by atoms with van der Waals surface area (Å²) < 4.78 is 4.90. The molecule has 6 N–H and O–H groups in total. The van der Waals surface area contributed by atoms with Gasteiger partial charge in [0.2, 0.25) is 0 Å². The molecule has 0 aromatic heterocycles. The van der Waals surface area contributed by atoms with Crippen LogP contribution in [0.3, 0.4) is 0 Å². The Hall–Kier alpha value is 0.00247. The number of rotatable bonds is 3. The molecule has 1 rings (SSSR count). The molecule has 0 aliphatic carbocycles. The van der Waals surface area contributed by atoms with Gasteiger partial charge in [0, 0.05) is 4.75 Å². The fraction of sp³-hybridized carbons (Fsp3) is 0.692. The third-order valence-corrected chi connectivity index (χ3v) is 8.23. The van der Waals surface area contributed by atoms with Gasteiger partial charge in [-0.05, 0) is 43.0 Å². The van der Waals surface area contributed by atoms with Crippen LogP contribution in [0.4, 0.5) is 0 Å². The number of nitrogens with zero attached hydrogens (tertiary/aromatic N) is 4. The van der Waals surface area contributed by atoms with Crippen molar-refractivity contribution in [2.75, 3.05) is 11.5 Å². The molecule has 1 heterocycles. The Morgan fingerprint density at radius 1 is 0.920 bits per heavy atom. The molecular weight excluding hydrogens is 453 g/mol. The zero-order chi connectivity index (χ0) is 18.1. The van der Waals surface area contributed by atoms with Gasteiger partial charge in [-0.2, -0.15) is 19.9 Å². The molecule has 0 saturated carbocycles. The molecule has 0 atom stereocenters. The topological polar surface area (TPSA) is 149 Å². The Balaban J connectivity index is -0.0000000644. The number of hydrogen-bond donors (Lipinski definition) is 2. The largest absolute Gasteiger partial charge is 3.00 e. The first kappa shape index (κ1) is 39.9. The summed E-state index contributed by atoms with van der Waals surface area (Å²) in [7, 11) is -0.830. The second-order valence-electron chi connectivity index (χ2n) is 4.53. The summed E-state index contributed by atoms with van der Waals surface area (Å²) in [6.45, 7) is 6.93. The van der Waals surface area contributed by atoms with Crippen molar-refractivity contribution in [2.45, 2.75) is 44.8 Å². The van der Waals surface area contributed by atoms with Crippen LogP contribution in [-0.2, 0) is 17.4 Å². The van der Waals surface area contributed by atoms with Crippen LogP contribution in [0.15, 0.2) is 4.40 Å². The molecule has 1 saturated heterocycles. The second-order valence-corrected chi connectivity index (χ2v) is 9.05. The van der Waals surface area contributed by atoms with E-state index in [0.717, 1.165) is 0 Å². The van der Waals surface area contributed by atoms with E-state index in [-0.39, 0.29) is 29.7 Å². The average Bonchev–Trinajstić information content (AvgIpc) is 2.92. The molecule has 0 unspecified atom stereocenters. The van der Waals surface area contributed by atoms with Crippen molar-refractivity contribution in [3.05, 3.63) is 16.2 Å². The van der Waals surface area contributed by atoms with Crippen LogP contribution in [0.2, 0.25) is 0 Å². The van der Waals surface area contributed by atoms with Crippen LogP contribution in [0.1, 0.15) is 40.0 Å². The van der Waals surface area contributed by atoms with Gasteiger partial charge in [-0.15, -0.1) is 10.2 Å². The van der Waals surface area contributed by atoms with Crippen LogP contribution in [-0.4, -0.2) is 36.9 Å². The van der Waals surface area contributed by atoms with Gasteiger partial charge in [0.1, 0.15) is 0 Å². The molecule has 6 nitrogen and oxygen atoms in total. The van der Waals surface area contributed by atoms with Crippen LogP contribution < -0.4 is 12.3 Å². The Bertz CT molecular complexity index is 427. The van der Waals surface area contributed by atoms with E-state index >= 15 is 0 Å². The molecule has 0 amide bonds. The zero-order valence-electron chi connectivity index (χ0n) is 14.7. The maximum atomic E-state index is 7.13. The standard InChI is InChI=1S/C10H19NS2.3CNS.Cr.2H3N/c1-4-10(2,3)13(11-9-12)7-5-6-8-13;3*2-1-3;;;/h4-8H2,1-3H3;;;;;2*1H3/q;3*-1;+3;;. The van der Waals surface area contributed by atoms with Gasteiger partial charge in [-0.3, -0.25) is 0 Å². The molecule has 0 aromatic carbocycles. The van der Waals surface area contributed by atoms with Crippen molar-refractivity contribution in [1.82, 2.24) is 12.3 Å². The maximum absolute atomic E-state index is 7.13. The van der Waals surface area contributed by atoms with Crippen LogP contribution in [0.5, 0.6) is 0 Å². The van der Waals surface area contributed by atoms with Gasteiger partial charge < -0.3 is 28.5 Å². The minimum atomic E-state index is -0.830. The maximum Gasteiger partial charge on any atom is 3.00 e. The number of thiocarbonyl (C=S) groups is 4. The summed E-state index contributed by atoms with van der Waals surface area (Å²) in [6.07, 6.45) is 3.86. The Morgan fingerprint density at radius 3 is 1.40 bits per heavy atom. The molecule has 0 aromatic rings. The van der Waals surface area contributed by atoms with Crippen molar-refractivity contribution in [1.29, 1.82) is 0 Å². The Kier molecular flexibility index (Phi) is 41.9. The first-order valence-corrected chi connectivity index (χ1v) is 9.80. The van der Waals surface area contributed by atoms with E-state index < -0.39 is 10.2 Å².